The Bertz CT molecular complexity index is 578. The molecule has 2 rings (SSSR count). The van der Waals surface area contributed by atoms with Gasteiger partial charge in [0.1, 0.15) is 5.82 Å². The van der Waals surface area contributed by atoms with Gasteiger partial charge in [-0.3, -0.25) is 9.59 Å². The summed E-state index contributed by atoms with van der Waals surface area (Å²) < 4.78 is 14.3. The molecule has 0 radical (unpaired) electrons. The quantitative estimate of drug-likeness (QED) is 0.871. The summed E-state index contributed by atoms with van der Waals surface area (Å²) in [6.07, 6.45) is 2.77. The number of carboxylic acid groups (broad SMARTS) is 1. The van der Waals surface area contributed by atoms with Crippen molar-refractivity contribution < 1.29 is 19.1 Å². The van der Waals surface area contributed by atoms with E-state index in [0.717, 1.165) is 12.8 Å². The van der Waals surface area contributed by atoms with E-state index in [-0.39, 0.29) is 5.56 Å². The number of benzene rings is 1. The number of hydrogen-bond donors (Lipinski definition) is 2. The van der Waals surface area contributed by atoms with E-state index in [1.54, 1.807) is 6.92 Å². The standard InChI is InChI=1S/C15H17BrFNO3/c1-15(14(20)21)7-3-2-4-12(15)18-13(19)10-8-9(16)5-6-11(10)17/h5-6,8,12H,2-4,7H2,1H3,(H,18,19)(H,20,21). The molecule has 2 unspecified atom stereocenters. The molecule has 0 spiro atoms. The molecule has 1 aromatic rings. The maximum absolute atomic E-state index is 13.7. The van der Waals surface area contributed by atoms with Crippen LogP contribution in [0.2, 0.25) is 0 Å². The van der Waals surface area contributed by atoms with Gasteiger partial charge in [-0.2, -0.15) is 0 Å². The van der Waals surface area contributed by atoms with Gasteiger partial charge in [-0.1, -0.05) is 28.8 Å². The minimum Gasteiger partial charge on any atom is -0.481 e. The first-order valence-electron chi connectivity index (χ1n) is 6.84. The third kappa shape index (κ3) is 3.26. The van der Waals surface area contributed by atoms with E-state index in [4.69, 9.17) is 0 Å². The number of amides is 1. The summed E-state index contributed by atoms with van der Waals surface area (Å²) in [6.45, 7) is 1.64. The van der Waals surface area contributed by atoms with Gasteiger partial charge in [-0.15, -0.1) is 0 Å². The zero-order chi connectivity index (χ0) is 15.6. The van der Waals surface area contributed by atoms with Crippen LogP contribution in [-0.2, 0) is 4.79 Å². The Labute approximate surface area is 130 Å². The number of carbonyl (C=O) groups excluding carboxylic acids is 1. The predicted octanol–water partition coefficient (Wildman–Crippen LogP) is 3.35. The van der Waals surface area contributed by atoms with Crippen molar-refractivity contribution in [1.82, 2.24) is 5.32 Å². The first kappa shape index (κ1) is 15.9. The average molecular weight is 358 g/mol. The van der Waals surface area contributed by atoms with Crippen LogP contribution in [-0.4, -0.2) is 23.0 Å². The number of carboxylic acids is 1. The van der Waals surface area contributed by atoms with E-state index >= 15 is 0 Å². The lowest BCUT2D eigenvalue weighted by Gasteiger charge is -2.38. The summed E-state index contributed by atoms with van der Waals surface area (Å²) in [6, 6.07) is 3.62. The highest BCUT2D eigenvalue weighted by Gasteiger charge is 2.44. The maximum Gasteiger partial charge on any atom is 0.311 e. The summed E-state index contributed by atoms with van der Waals surface area (Å²) in [5.74, 6) is -2.13. The molecule has 0 aromatic heterocycles. The van der Waals surface area contributed by atoms with Gasteiger partial charge in [0.25, 0.3) is 5.91 Å². The molecule has 0 heterocycles. The molecule has 1 aliphatic rings. The van der Waals surface area contributed by atoms with Crippen molar-refractivity contribution in [2.75, 3.05) is 0 Å². The van der Waals surface area contributed by atoms with Gasteiger partial charge in [0.2, 0.25) is 0 Å². The van der Waals surface area contributed by atoms with Crippen LogP contribution in [0.3, 0.4) is 0 Å². The molecule has 0 bridgehead atoms. The highest BCUT2D eigenvalue weighted by molar-refractivity contribution is 9.10. The van der Waals surface area contributed by atoms with Gasteiger partial charge in [0.05, 0.1) is 11.0 Å². The minimum atomic E-state index is -1.00. The number of halogens is 2. The molecule has 1 amide bonds. The Hall–Kier alpha value is -1.43. The molecule has 21 heavy (non-hydrogen) atoms. The van der Waals surface area contributed by atoms with Crippen LogP contribution < -0.4 is 5.32 Å². The molecular formula is C15H17BrFNO3. The van der Waals surface area contributed by atoms with Crippen LogP contribution in [0.15, 0.2) is 22.7 Å². The van der Waals surface area contributed by atoms with Crippen LogP contribution in [0, 0.1) is 11.2 Å². The zero-order valence-electron chi connectivity index (χ0n) is 11.7. The van der Waals surface area contributed by atoms with E-state index in [1.807, 2.05) is 0 Å². The average Bonchev–Trinajstić information content (AvgIpc) is 2.43. The molecular weight excluding hydrogens is 341 g/mol. The number of hydrogen-bond acceptors (Lipinski definition) is 2. The van der Waals surface area contributed by atoms with Gasteiger partial charge in [-0.05, 0) is 38.0 Å². The van der Waals surface area contributed by atoms with Gasteiger partial charge < -0.3 is 10.4 Å². The van der Waals surface area contributed by atoms with Crippen molar-refractivity contribution in [3.8, 4) is 0 Å². The lowest BCUT2D eigenvalue weighted by atomic mass is 9.71. The van der Waals surface area contributed by atoms with E-state index in [1.165, 1.54) is 18.2 Å². The molecule has 4 nitrogen and oxygen atoms in total. The summed E-state index contributed by atoms with van der Waals surface area (Å²) in [4.78, 5) is 23.7. The smallest absolute Gasteiger partial charge is 0.311 e. The Morgan fingerprint density at radius 3 is 2.81 bits per heavy atom. The molecule has 1 aromatic carbocycles. The summed E-state index contributed by atoms with van der Waals surface area (Å²) in [5, 5.41) is 12.1. The number of nitrogens with one attached hydrogen (secondary N) is 1. The Morgan fingerprint density at radius 2 is 2.14 bits per heavy atom. The minimum absolute atomic E-state index is 0.0808. The van der Waals surface area contributed by atoms with Crippen molar-refractivity contribution in [2.45, 2.75) is 38.6 Å². The Kier molecular flexibility index (Phi) is 4.66. The topological polar surface area (TPSA) is 66.4 Å². The first-order chi connectivity index (χ1) is 9.84. The largest absolute Gasteiger partial charge is 0.481 e. The molecule has 0 aliphatic heterocycles. The molecule has 2 atom stereocenters. The van der Waals surface area contributed by atoms with E-state index < -0.39 is 29.2 Å². The van der Waals surface area contributed by atoms with Gasteiger partial charge >= 0.3 is 5.97 Å². The number of aliphatic carboxylic acids is 1. The van der Waals surface area contributed by atoms with Crippen molar-refractivity contribution in [1.29, 1.82) is 0 Å². The highest BCUT2D eigenvalue weighted by atomic mass is 79.9. The fourth-order valence-electron chi connectivity index (χ4n) is 2.73. The second kappa shape index (κ2) is 6.13. The van der Waals surface area contributed by atoms with Gasteiger partial charge in [0, 0.05) is 10.5 Å². The van der Waals surface area contributed by atoms with Crippen molar-refractivity contribution in [2.24, 2.45) is 5.41 Å². The molecule has 2 N–H and O–H groups in total. The third-order valence-electron chi connectivity index (χ3n) is 4.17. The first-order valence-corrected chi connectivity index (χ1v) is 7.63. The van der Waals surface area contributed by atoms with E-state index in [0.29, 0.717) is 17.3 Å². The molecule has 1 saturated carbocycles. The third-order valence-corrected chi connectivity index (χ3v) is 4.67. The predicted molar refractivity (Wildman–Crippen MR) is 79.6 cm³/mol. The monoisotopic (exact) mass is 357 g/mol. The van der Waals surface area contributed by atoms with E-state index in [9.17, 15) is 19.1 Å². The van der Waals surface area contributed by atoms with Gasteiger partial charge in [-0.25, -0.2) is 4.39 Å². The SMILES string of the molecule is CC1(C(=O)O)CCCCC1NC(=O)c1cc(Br)ccc1F. The van der Waals surface area contributed by atoms with Crippen LogP contribution in [0.5, 0.6) is 0 Å². The molecule has 1 aliphatic carbocycles. The van der Waals surface area contributed by atoms with Gasteiger partial charge in [0.15, 0.2) is 0 Å². The summed E-state index contributed by atoms with van der Waals surface area (Å²) in [5.41, 5.74) is -1.08. The van der Waals surface area contributed by atoms with E-state index in [2.05, 4.69) is 21.2 Å². The van der Waals surface area contributed by atoms with Crippen LogP contribution in [0.1, 0.15) is 43.0 Å². The second-order valence-corrected chi connectivity index (χ2v) is 6.53. The molecule has 0 saturated heterocycles. The normalized spacial score (nSPS) is 25.4. The highest BCUT2D eigenvalue weighted by Crippen LogP contribution is 2.36. The zero-order valence-corrected chi connectivity index (χ0v) is 13.2. The number of rotatable bonds is 3. The Morgan fingerprint density at radius 1 is 1.43 bits per heavy atom. The molecule has 114 valence electrons. The van der Waals surface area contributed by atoms with Crippen LogP contribution >= 0.6 is 15.9 Å². The lowest BCUT2D eigenvalue weighted by Crippen LogP contribution is -2.52. The van der Waals surface area contributed by atoms with Crippen LogP contribution in [0.4, 0.5) is 4.39 Å². The number of carbonyl (C=O) groups is 2. The van der Waals surface area contributed by atoms with Crippen LogP contribution in [0.25, 0.3) is 0 Å². The van der Waals surface area contributed by atoms with Crippen molar-refractivity contribution in [3.63, 3.8) is 0 Å². The molecule has 1 fully saturated rings. The van der Waals surface area contributed by atoms with Crippen molar-refractivity contribution >= 4 is 27.8 Å². The summed E-state index contributed by atoms with van der Waals surface area (Å²) in [7, 11) is 0. The maximum atomic E-state index is 13.7. The second-order valence-electron chi connectivity index (χ2n) is 5.62. The van der Waals surface area contributed by atoms with Crippen molar-refractivity contribution in [3.05, 3.63) is 34.1 Å². The fourth-order valence-corrected chi connectivity index (χ4v) is 3.09. The summed E-state index contributed by atoms with van der Waals surface area (Å²) >= 11 is 3.19. The molecule has 6 heteroatoms. The Balaban J connectivity index is 2.21. The fraction of sp³-hybridized carbons (Fsp3) is 0.467. The lowest BCUT2D eigenvalue weighted by molar-refractivity contribution is -0.151.